The van der Waals surface area contributed by atoms with Crippen LogP contribution in [0.2, 0.25) is 0 Å². The minimum absolute atomic E-state index is 0.273. The maximum atomic E-state index is 12.7. The summed E-state index contributed by atoms with van der Waals surface area (Å²) in [6.45, 7) is 0. The normalized spacial score (nSPS) is 17.3. The molecule has 0 aliphatic carbocycles. The van der Waals surface area contributed by atoms with Crippen molar-refractivity contribution in [1.82, 2.24) is 14.9 Å². The number of nitrogens with zero attached hydrogens (tertiary/aromatic N) is 3. The summed E-state index contributed by atoms with van der Waals surface area (Å²) in [6, 6.07) is 4.56. The molecule has 1 aliphatic heterocycles. The van der Waals surface area contributed by atoms with Crippen LogP contribution < -0.4 is 0 Å². The number of rotatable bonds is 6. The van der Waals surface area contributed by atoms with Crippen molar-refractivity contribution < 1.29 is 14.7 Å². The van der Waals surface area contributed by atoms with E-state index in [1.165, 1.54) is 16.7 Å². The van der Waals surface area contributed by atoms with E-state index in [9.17, 15) is 14.7 Å². The number of thiocarbonyl (C=S) groups is 1. The Morgan fingerprint density at radius 1 is 1.38 bits per heavy atom. The molecule has 1 N–H and O–H groups in total. The van der Waals surface area contributed by atoms with Crippen molar-refractivity contribution in [2.24, 2.45) is 0 Å². The molecule has 1 fully saturated rings. The molecule has 1 atom stereocenters. The molecule has 0 saturated carbocycles. The van der Waals surface area contributed by atoms with Gasteiger partial charge in [0.1, 0.15) is 10.4 Å². The monoisotopic (exact) mass is 405 g/mol. The number of carbonyl (C=O) groups is 2. The van der Waals surface area contributed by atoms with E-state index in [1.54, 1.807) is 18.5 Å². The molecule has 0 radical (unpaired) electrons. The highest BCUT2D eigenvalue weighted by Gasteiger charge is 2.40. The lowest BCUT2D eigenvalue weighted by Crippen LogP contribution is -2.44. The Morgan fingerprint density at radius 3 is 2.81 bits per heavy atom. The van der Waals surface area contributed by atoms with E-state index in [1.807, 2.05) is 24.5 Å². The van der Waals surface area contributed by atoms with Crippen LogP contribution in [0.25, 0.3) is 17.1 Å². The highest BCUT2D eigenvalue weighted by Crippen LogP contribution is 2.35. The number of carboxylic acid groups (broad SMARTS) is 1. The van der Waals surface area contributed by atoms with Gasteiger partial charge in [-0.25, -0.2) is 4.79 Å². The molecule has 2 aromatic rings. The fourth-order valence-electron chi connectivity index (χ4n) is 2.56. The number of amides is 1. The summed E-state index contributed by atoms with van der Waals surface area (Å²) in [5.41, 5.74) is 2.27. The zero-order chi connectivity index (χ0) is 18.7. The first kappa shape index (κ1) is 18.8. The summed E-state index contributed by atoms with van der Waals surface area (Å²) in [5, 5.41) is 9.48. The number of thioether (sulfide) groups is 2. The molecule has 26 heavy (non-hydrogen) atoms. The molecule has 0 spiro atoms. The highest BCUT2D eigenvalue weighted by molar-refractivity contribution is 8.26. The lowest BCUT2D eigenvalue weighted by Gasteiger charge is -2.22. The maximum absolute atomic E-state index is 12.7. The molecular formula is C17H15N3O3S3. The quantitative estimate of drug-likeness (QED) is 0.580. The second kappa shape index (κ2) is 8.15. The first-order valence-corrected chi connectivity index (χ1v) is 10.3. The fraction of sp³-hybridized carbons (Fsp3) is 0.235. The van der Waals surface area contributed by atoms with Crippen LogP contribution in [-0.2, 0) is 9.59 Å². The Labute approximate surface area is 164 Å². The van der Waals surface area contributed by atoms with E-state index in [4.69, 9.17) is 12.2 Å². The van der Waals surface area contributed by atoms with E-state index < -0.39 is 12.0 Å². The predicted octanol–water partition coefficient (Wildman–Crippen LogP) is 3.04. The van der Waals surface area contributed by atoms with Gasteiger partial charge in [0.25, 0.3) is 5.91 Å². The summed E-state index contributed by atoms with van der Waals surface area (Å²) in [6.07, 6.45) is 7.18. The van der Waals surface area contributed by atoms with Crippen LogP contribution in [0, 0.1) is 0 Å². The second-order valence-electron chi connectivity index (χ2n) is 5.49. The summed E-state index contributed by atoms with van der Waals surface area (Å²) >= 11 is 7.93. The van der Waals surface area contributed by atoms with Crippen molar-refractivity contribution in [2.75, 3.05) is 12.0 Å². The molecule has 1 aromatic carbocycles. The Balaban J connectivity index is 1.89. The molecule has 1 aliphatic rings. The summed E-state index contributed by atoms with van der Waals surface area (Å²) in [5.74, 6) is -0.776. The van der Waals surface area contributed by atoms with Gasteiger partial charge in [-0.05, 0) is 42.2 Å². The molecule has 0 bridgehead atoms. The number of fused-ring (bicyclic) bond motifs is 1. The van der Waals surface area contributed by atoms with Crippen molar-refractivity contribution in [3.63, 3.8) is 0 Å². The van der Waals surface area contributed by atoms with Gasteiger partial charge >= 0.3 is 5.97 Å². The number of carboxylic acids is 1. The highest BCUT2D eigenvalue weighted by atomic mass is 32.2. The van der Waals surface area contributed by atoms with Crippen molar-refractivity contribution in [3.8, 4) is 0 Å². The molecule has 134 valence electrons. The van der Waals surface area contributed by atoms with E-state index in [-0.39, 0.29) is 10.2 Å². The molecule has 2 heterocycles. The molecule has 9 heteroatoms. The minimum atomic E-state index is -1.04. The van der Waals surface area contributed by atoms with Crippen LogP contribution in [0.5, 0.6) is 0 Å². The number of hydrogen-bond donors (Lipinski definition) is 1. The molecule has 6 nitrogen and oxygen atoms in total. The lowest BCUT2D eigenvalue weighted by molar-refractivity contribution is -0.145. The smallest absolute Gasteiger partial charge is 0.326 e. The third-order valence-corrected chi connectivity index (χ3v) is 5.78. The number of hydrogen-bond acceptors (Lipinski definition) is 7. The van der Waals surface area contributed by atoms with Gasteiger partial charge in [0.05, 0.1) is 15.9 Å². The third kappa shape index (κ3) is 3.89. The van der Waals surface area contributed by atoms with Crippen LogP contribution in [0.15, 0.2) is 35.5 Å². The van der Waals surface area contributed by atoms with Gasteiger partial charge in [-0.15, -0.1) is 0 Å². The third-order valence-electron chi connectivity index (χ3n) is 3.81. The van der Waals surface area contributed by atoms with Crippen LogP contribution >= 0.6 is 35.7 Å². The Morgan fingerprint density at radius 2 is 2.12 bits per heavy atom. The van der Waals surface area contributed by atoms with Crippen LogP contribution in [0.4, 0.5) is 0 Å². The zero-order valence-corrected chi connectivity index (χ0v) is 16.2. The van der Waals surface area contributed by atoms with E-state index in [0.29, 0.717) is 17.1 Å². The SMILES string of the molecule is CSCC[C@@H](C(=O)O)N1C(=O)/C(=C/c2ccc3nccnc3c2)SC1=S. The van der Waals surface area contributed by atoms with Crippen molar-refractivity contribution in [1.29, 1.82) is 0 Å². The second-order valence-corrected chi connectivity index (χ2v) is 8.15. The van der Waals surface area contributed by atoms with Crippen LogP contribution in [0.3, 0.4) is 0 Å². The fourth-order valence-corrected chi connectivity index (χ4v) is 4.38. The number of aliphatic carboxylic acids is 1. The minimum Gasteiger partial charge on any atom is -0.480 e. The summed E-state index contributed by atoms with van der Waals surface area (Å²) in [4.78, 5) is 34.4. The van der Waals surface area contributed by atoms with Gasteiger partial charge in [-0.2, -0.15) is 11.8 Å². The topological polar surface area (TPSA) is 83.4 Å². The largest absolute Gasteiger partial charge is 0.480 e. The molecular weight excluding hydrogens is 390 g/mol. The van der Waals surface area contributed by atoms with E-state index in [2.05, 4.69) is 9.97 Å². The number of benzene rings is 1. The Bertz CT molecular complexity index is 916. The molecule has 1 amide bonds. The zero-order valence-electron chi connectivity index (χ0n) is 13.8. The van der Waals surface area contributed by atoms with Crippen LogP contribution in [-0.4, -0.2) is 54.2 Å². The Kier molecular flexibility index (Phi) is 5.90. The number of aromatic nitrogens is 2. The first-order valence-electron chi connectivity index (χ1n) is 7.71. The lowest BCUT2D eigenvalue weighted by atomic mass is 10.1. The van der Waals surface area contributed by atoms with Crippen molar-refractivity contribution in [3.05, 3.63) is 41.1 Å². The molecule has 1 aromatic heterocycles. The molecule has 1 saturated heterocycles. The van der Waals surface area contributed by atoms with E-state index >= 15 is 0 Å². The van der Waals surface area contributed by atoms with Crippen LogP contribution in [0.1, 0.15) is 12.0 Å². The van der Waals surface area contributed by atoms with E-state index in [0.717, 1.165) is 28.4 Å². The van der Waals surface area contributed by atoms with Crippen molar-refractivity contribution >= 4 is 69.0 Å². The molecule has 3 rings (SSSR count). The Hall–Kier alpha value is -1.97. The van der Waals surface area contributed by atoms with Gasteiger partial charge in [0, 0.05) is 12.4 Å². The molecule has 0 unspecified atom stereocenters. The predicted molar refractivity (Wildman–Crippen MR) is 109 cm³/mol. The van der Waals surface area contributed by atoms with Gasteiger partial charge in [0.2, 0.25) is 0 Å². The number of carbonyl (C=O) groups excluding carboxylic acids is 1. The van der Waals surface area contributed by atoms with Gasteiger partial charge in [0.15, 0.2) is 0 Å². The van der Waals surface area contributed by atoms with Gasteiger partial charge in [-0.1, -0.05) is 30.0 Å². The summed E-state index contributed by atoms with van der Waals surface area (Å²) < 4.78 is 0.273. The first-order chi connectivity index (χ1) is 12.5. The summed E-state index contributed by atoms with van der Waals surface area (Å²) in [7, 11) is 0. The average molecular weight is 406 g/mol. The average Bonchev–Trinajstić information content (AvgIpc) is 2.89. The van der Waals surface area contributed by atoms with Gasteiger partial charge < -0.3 is 5.11 Å². The van der Waals surface area contributed by atoms with Gasteiger partial charge in [-0.3, -0.25) is 19.7 Å². The maximum Gasteiger partial charge on any atom is 0.326 e. The van der Waals surface area contributed by atoms with Crippen molar-refractivity contribution in [2.45, 2.75) is 12.5 Å². The standard InChI is InChI=1S/C17H15N3O3S3/c1-25-7-4-13(16(22)23)20-15(21)14(26-17(20)24)9-10-2-3-11-12(8-10)19-6-5-18-11/h2-3,5-6,8-9,13H,4,7H2,1H3,(H,22,23)/b14-9-/t13-/m0/s1.